The van der Waals surface area contributed by atoms with Crippen molar-refractivity contribution in [3.05, 3.63) is 64.8 Å². The first-order chi connectivity index (χ1) is 11.6. The Morgan fingerprint density at radius 2 is 2.08 bits per heavy atom. The fraction of sp³-hybridized carbons (Fsp3) is 0.250. The van der Waals surface area contributed by atoms with Crippen molar-refractivity contribution in [2.24, 2.45) is 0 Å². The summed E-state index contributed by atoms with van der Waals surface area (Å²) in [6.07, 6.45) is 0.588. The number of aliphatic hydroxyl groups excluding tert-OH is 1. The fourth-order valence-electron chi connectivity index (χ4n) is 2.07. The molecule has 1 aromatic carbocycles. The highest BCUT2D eigenvalue weighted by atomic mass is 19.1. The Hall–Kier alpha value is -2.71. The highest BCUT2D eigenvalue weighted by molar-refractivity contribution is 5.51. The summed E-state index contributed by atoms with van der Waals surface area (Å²) in [6, 6.07) is 8.88. The van der Waals surface area contributed by atoms with Crippen molar-refractivity contribution in [1.82, 2.24) is 9.78 Å². The normalized spacial score (nSPS) is 12.4. The molecule has 0 unspecified atom stereocenters. The van der Waals surface area contributed by atoms with E-state index in [1.165, 1.54) is 30.5 Å². The number of aromatic nitrogens is 2. The van der Waals surface area contributed by atoms with Crippen molar-refractivity contribution in [3.8, 4) is 11.5 Å². The number of ether oxygens (including phenoxy) is 1. The molecule has 0 saturated carbocycles. The molecule has 0 spiro atoms. The van der Waals surface area contributed by atoms with Crippen molar-refractivity contribution >= 4 is 0 Å². The number of hydrogen-bond acceptors (Lipinski definition) is 6. The van der Waals surface area contributed by atoms with Crippen LogP contribution in [-0.2, 0) is 17.9 Å². The van der Waals surface area contributed by atoms with Gasteiger partial charge < -0.3 is 18.7 Å². The van der Waals surface area contributed by atoms with E-state index in [-0.39, 0.29) is 25.6 Å². The quantitative estimate of drug-likeness (QED) is 0.709. The Morgan fingerprint density at radius 3 is 2.79 bits per heavy atom. The van der Waals surface area contributed by atoms with Crippen LogP contribution >= 0.6 is 0 Å². The van der Waals surface area contributed by atoms with Crippen LogP contribution in [0, 0.1) is 5.82 Å². The molecule has 2 aromatic heterocycles. The molecule has 0 aliphatic rings. The van der Waals surface area contributed by atoms with E-state index < -0.39 is 17.7 Å². The zero-order valence-electron chi connectivity index (χ0n) is 12.6. The van der Waals surface area contributed by atoms with Crippen molar-refractivity contribution in [3.63, 3.8) is 0 Å². The lowest BCUT2D eigenvalue weighted by atomic mass is 10.2. The summed E-state index contributed by atoms with van der Waals surface area (Å²) in [4.78, 5) is 11.8. The molecule has 24 heavy (non-hydrogen) atoms. The van der Waals surface area contributed by atoms with Gasteiger partial charge in [-0.3, -0.25) is 0 Å². The van der Waals surface area contributed by atoms with E-state index in [1.54, 1.807) is 12.1 Å². The van der Waals surface area contributed by atoms with E-state index in [9.17, 15) is 14.3 Å². The number of hydrogen-bond donors (Lipinski definition) is 1. The molecule has 0 radical (unpaired) electrons. The zero-order chi connectivity index (χ0) is 16.9. The van der Waals surface area contributed by atoms with Crippen LogP contribution in [0.5, 0.6) is 0 Å². The van der Waals surface area contributed by atoms with E-state index in [0.717, 1.165) is 4.68 Å². The van der Waals surface area contributed by atoms with Gasteiger partial charge in [0.2, 0.25) is 5.89 Å². The Kier molecular flexibility index (Phi) is 4.88. The Morgan fingerprint density at radius 1 is 1.29 bits per heavy atom. The van der Waals surface area contributed by atoms with Gasteiger partial charge in [0, 0.05) is 5.56 Å². The first kappa shape index (κ1) is 16.2. The number of rotatable bonds is 7. The molecule has 3 aromatic rings. The van der Waals surface area contributed by atoms with E-state index >= 15 is 0 Å². The second kappa shape index (κ2) is 7.24. The molecule has 0 saturated heterocycles. The summed E-state index contributed by atoms with van der Waals surface area (Å²) >= 11 is 0. The second-order valence-electron chi connectivity index (χ2n) is 5.11. The van der Waals surface area contributed by atoms with Crippen LogP contribution in [0.1, 0.15) is 5.76 Å². The molecule has 8 heteroatoms. The Bertz CT molecular complexity index is 823. The Labute approximate surface area is 135 Å². The monoisotopic (exact) mass is 334 g/mol. The summed E-state index contributed by atoms with van der Waals surface area (Å²) in [5, 5.41) is 13.9. The van der Waals surface area contributed by atoms with Gasteiger partial charge in [0.1, 0.15) is 18.2 Å². The molecule has 126 valence electrons. The van der Waals surface area contributed by atoms with Crippen LogP contribution in [0.3, 0.4) is 0 Å². The van der Waals surface area contributed by atoms with Gasteiger partial charge in [-0.2, -0.15) is 4.68 Å². The standard InChI is InChI=1S/C16H15FN2O5/c17-12-5-3-11(4-6-12)15-18-19(16(21)24-15)8-13(20)9-22-10-14-2-1-7-23-14/h1-7,13,20H,8-10H2/t13-/m0/s1. The third-order valence-electron chi connectivity index (χ3n) is 3.22. The molecule has 0 aliphatic heterocycles. The van der Waals surface area contributed by atoms with Crippen molar-refractivity contribution in [2.75, 3.05) is 6.61 Å². The molecule has 7 nitrogen and oxygen atoms in total. The third-order valence-corrected chi connectivity index (χ3v) is 3.22. The minimum atomic E-state index is -0.941. The molecule has 0 aliphatic carbocycles. The van der Waals surface area contributed by atoms with E-state index in [4.69, 9.17) is 13.6 Å². The predicted molar refractivity (Wildman–Crippen MR) is 80.5 cm³/mol. The van der Waals surface area contributed by atoms with Crippen LogP contribution in [0.15, 0.2) is 56.3 Å². The largest absolute Gasteiger partial charge is 0.467 e. The average molecular weight is 334 g/mol. The Balaban J connectivity index is 1.58. The van der Waals surface area contributed by atoms with Crippen molar-refractivity contribution in [2.45, 2.75) is 19.3 Å². The number of furan rings is 1. The molecule has 0 bridgehead atoms. The van der Waals surface area contributed by atoms with E-state index in [0.29, 0.717) is 11.3 Å². The van der Waals surface area contributed by atoms with Crippen LogP contribution < -0.4 is 5.76 Å². The molecule has 2 heterocycles. The van der Waals surface area contributed by atoms with Gasteiger partial charge in [0.15, 0.2) is 0 Å². The van der Waals surface area contributed by atoms with E-state index in [1.807, 2.05) is 0 Å². The minimum Gasteiger partial charge on any atom is -0.467 e. The maximum absolute atomic E-state index is 12.9. The molecule has 0 amide bonds. The van der Waals surface area contributed by atoms with Gasteiger partial charge in [0.25, 0.3) is 0 Å². The highest BCUT2D eigenvalue weighted by Gasteiger charge is 2.14. The van der Waals surface area contributed by atoms with Gasteiger partial charge in [0.05, 0.1) is 25.5 Å². The summed E-state index contributed by atoms with van der Waals surface area (Å²) in [7, 11) is 0. The summed E-state index contributed by atoms with van der Waals surface area (Å²) in [5.74, 6) is -0.410. The van der Waals surface area contributed by atoms with Crippen molar-refractivity contribution in [1.29, 1.82) is 0 Å². The maximum Gasteiger partial charge on any atom is 0.437 e. The van der Waals surface area contributed by atoms with Crippen LogP contribution in [0.4, 0.5) is 4.39 Å². The molecule has 1 N–H and O–H groups in total. The highest BCUT2D eigenvalue weighted by Crippen LogP contribution is 2.15. The minimum absolute atomic E-state index is 0.00583. The lowest BCUT2D eigenvalue weighted by Gasteiger charge is -2.09. The van der Waals surface area contributed by atoms with E-state index in [2.05, 4.69) is 5.10 Å². The zero-order valence-corrected chi connectivity index (χ0v) is 12.6. The lowest BCUT2D eigenvalue weighted by Crippen LogP contribution is -2.27. The topological polar surface area (TPSA) is 90.6 Å². The summed E-state index contributed by atoms with van der Waals surface area (Å²) < 4.78 is 29.3. The SMILES string of the molecule is O=c1oc(-c2ccc(F)cc2)nn1C[C@H](O)COCc1ccco1. The van der Waals surface area contributed by atoms with Gasteiger partial charge in [-0.15, -0.1) is 5.10 Å². The average Bonchev–Trinajstić information content (AvgIpc) is 3.19. The fourth-order valence-corrected chi connectivity index (χ4v) is 2.07. The van der Waals surface area contributed by atoms with Gasteiger partial charge in [-0.25, -0.2) is 9.18 Å². The summed E-state index contributed by atoms with van der Waals surface area (Å²) in [5.41, 5.74) is 0.468. The first-order valence-electron chi connectivity index (χ1n) is 7.24. The number of nitrogens with zero attached hydrogens (tertiary/aromatic N) is 2. The summed E-state index contributed by atoms with van der Waals surface area (Å²) in [6.45, 7) is 0.145. The second-order valence-corrected chi connectivity index (χ2v) is 5.11. The predicted octanol–water partition coefficient (Wildman–Crippen LogP) is 1.81. The number of halogens is 1. The molecular formula is C16H15FN2O5. The molecule has 0 fully saturated rings. The smallest absolute Gasteiger partial charge is 0.437 e. The van der Waals surface area contributed by atoms with Gasteiger partial charge in [-0.05, 0) is 36.4 Å². The van der Waals surface area contributed by atoms with Gasteiger partial charge >= 0.3 is 5.76 Å². The first-order valence-corrected chi connectivity index (χ1v) is 7.24. The van der Waals surface area contributed by atoms with Crippen molar-refractivity contribution < 1.29 is 23.1 Å². The maximum atomic E-state index is 12.9. The van der Waals surface area contributed by atoms with Gasteiger partial charge in [-0.1, -0.05) is 0 Å². The van der Waals surface area contributed by atoms with Crippen LogP contribution in [-0.4, -0.2) is 27.6 Å². The molecule has 1 atom stereocenters. The molecule has 3 rings (SSSR count). The number of benzene rings is 1. The third kappa shape index (κ3) is 3.98. The van der Waals surface area contributed by atoms with Crippen LogP contribution in [0.25, 0.3) is 11.5 Å². The van der Waals surface area contributed by atoms with Crippen LogP contribution in [0.2, 0.25) is 0 Å². The number of aliphatic hydroxyl groups is 1. The molecular weight excluding hydrogens is 319 g/mol. The lowest BCUT2D eigenvalue weighted by molar-refractivity contribution is 0.0123.